The average Bonchev–Trinajstić information content (AvgIpc) is 2.83. The van der Waals surface area contributed by atoms with Gasteiger partial charge in [-0.25, -0.2) is 0 Å². The van der Waals surface area contributed by atoms with E-state index in [1.165, 1.54) is 0 Å². The molecule has 2 N–H and O–H groups in total. The van der Waals surface area contributed by atoms with Crippen molar-refractivity contribution in [3.8, 4) is 17.2 Å². The number of hydrogen-bond donors (Lipinski definition) is 2. The number of hydrogen-bond acceptors (Lipinski definition) is 5. The molecule has 5 nitrogen and oxygen atoms in total. The molecule has 0 amide bonds. The molecule has 5 heteroatoms. The minimum Gasteiger partial charge on any atom is -0.492 e. The third kappa shape index (κ3) is 14.8. The second-order valence-corrected chi connectivity index (χ2v) is 14.4. The Morgan fingerprint density at radius 2 is 1.30 bits per heavy atom. The highest BCUT2D eigenvalue weighted by Crippen LogP contribution is 2.37. The summed E-state index contributed by atoms with van der Waals surface area (Å²) in [7, 11) is 0. The Bertz CT molecular complexity index is 1050. The fourth-order valence-corrected chi connectivity index (χ4v) is 4.65. The Balaban J connectivity index is 1.88. The summed E-state index contributed by atoms with van der Waals surface area (Å²) in [5.41, 5.74) is 1.34. The summed E-state index contributed by atoms with van der Waals surface area (Å²) >= 11 is 0. The van der Waals surface area contributed by atoms with Crippen LogP contribution in [0.1, 0.15) is 87.6 Å². The fourth-order valence-electron chi connectivity index (χ4n) is 4.65. The minimum absolute atomic E-state index is 0.00355. The topological polar surface area (TPSA) is 51.8 Å². The molecule has 224 valence electrons. The summed E-state index contributed by atoms with van der Waals surface area (Å²) < 4.78 is 18.4. The van der Waals surface area contributed by atoms with Crippen molar-refractivity contribution in [2.24, 2.45) is 10.8 Å². The van der Waals surface area contributed by atoms with E-state index in [1.54, 1.807) is 0 Å². The molecule has 0 saturated heterocycles. The Kier molecular flexibility index (Phi) is 12.6. The maximum Gasteiger partial charge on any atom is 0.161 e. The van der Waals surface area contributed by atoms with Gasteiger partial charge in [0, 0.05) is 17.6 Å². The molecule has 0 unspecified atom stereocenters. The molecule has 0 atom stereocenters. The lowest BCUT2D eigenvalue weighted by molar-refractivity contribution is 0.131. The van der Waals surface area contributed by atoms with Gasteiger partial charge < -0.3 is 24.8 Å². The molecule has 0 aliphatic heterocycles. The van der Waals surface area contributed by atoms with Gasteiger partial charge in [-0.05, 0) is 102 Å². The van der Waals surface area contributed by atoms with Crippen LogP contribution in [-0.4, -0.2) is 44.0 Å². The van der Waals surface area contributed by atoms with Gasteiger partial charge in [0.25, 0.3) is 0 Å². The first-order valence-corrected chi connectivity index (χ1v) is 14.8. The van der Waals surface area contributed by atoms with Crippen molar-refractivity contribution < 1.29 is 14.2 Å². The number of benzene rings is 2. The predicted octanol–water partition coefficient (Wildman–Crippen LogP) is 8.15. The van der Waals surface area contributed by atoms with Gasteiger partial charge in [0.2, 0.25) is 0 Å². The van der Waals surface area contributed by atoms with Crippen LogP contribution in [0.15, 0.2) is 54.6 Å². The van der Waals surface area contributed by atoms with Gasteiger partial charge in [0.15, 0.2) is 11.5 Å². The molecule has 0 spiro atoms. The number of rotatable bonds is 16. The quantitative estimate of drug-likeness (QED) is 0.206. The lowest BCUT2D eigenvalue weighted by Gasteiger charge is -2.33. The standard InChI is InChI=1S/C35H56N2O3/c1-32(2,3)36-21-14-23-39-30-17-11-12-18-31(30)40-27-35(9,10)26-34(7,8)20-19-28-15-13-16-29(25-28)38-24-22-37-33(4,5)6/h11-13,15-20,25,36-37H,14,21-24,26-27H2,1-10H3/b20-19+. The first-order chi connectivity index (χ1) is 18.5. The number of allylic oxidation sites excluding steroid dienone is 1. The van der Waals surface area contributed by atoms with Gasteiger partial charge in [-0.15, -0.1) is 0 Å². The van der Waals surface area contributed by atoms with Crippen LogP contribution in [0, 0.1) is 10.8 Å². The van der Waals surface area contributed by atoms with Crippen LogP contribution in [0.3, 0.4) is 0 Å². The highest BCUT2D eigenvalue weighted by Gasteiger charge is 2.28. The molecule has 40 heavy (non-hydrogen) atoms. The van der Waals surface area contributed by atoms with E-state index in [0.29, 0.717) is 19.8 Å². The van der Waals surface area contributed by atoms with Crippen LogP contribution < -0.4 is 24.8 Å². The molecular weight excluding hydrogens is 496 g/mol. The molecule has 2 aromatic rings. The van der Waals surface area contributed by atoms with Crippen LogP contribution >= 0.6 is 0 Å². The smallest absolute Gasteiger partial charge is 0.161 e. The van der Waals surface area contributed by atoms with Crippen LogP contribution in [0.2, 0.25) is 0 Å². The molecule has 0 radical (unpaired) electrons. The van der Waals surface area contributed by atoms with E-state index < -0.39 is 0 Å². The summed E-state index contributed by atoms with van der Waals surface area (Å²) in [5.74, 6) is 2.52. The first-order valence-electron chi connectivity index (χ1n) is 14.8. The Morgan fingerprint density at radius 1 is 0.675 bits per heavy atom. The Hall–Kier alpha value is -2.50. The van der Waals surface area contributed by atoms with E-state index in [-0.39, 0.29) is 21.9 Å². The molecule has 0 aliphatic rings. The van der Waals surface area contributed by atoms with Gasteiger partial charge in [0.1, 0.15) is 12.4 Å². The second kappa shape index (κ2) is 14.9. The number of para-hydroxylation sites is 2. The molecule has 0 heterocycles. The normalized spacial score (nSPS) is 13.1. The minimum atomic E-state index is -0.0252. The van der Waals surface area contributed by atoms with Crippen molar-refractivity contribution in [2.75, 3.05) is 32.9 Å². The van der Waals surface area contributed by atoms with E-state index in [2.05, 4.69) is 110 Å². The van der Waals surface area contributed by atoms with Crippen LogP contribution in [0.25, 0.3) is 6.08 Å². The van der Waals surface area contributed by atoms with Crippen molar-refractivity contribution in [2.45, 2.75) is 93.2 Å². The Labute approximate surface area is 245 Å². The molecule has 0 saturated carbocycles. The zero-order valence-corrected chi connectivity index (χ0v) is 26.9. The van der Waals surface area contributed by atoms with Gasteiger partial charge >= 0.3 is 0 Å². The SMILES string of the molecule is CC(C)(/C=C/c1cccc(OCCNC(C)(C)C)c1)CC(C)(C)COc1ccccc1OCCCNC(C)(C)C. The van der Waals surface area contributed by atoms with Crippen LogP contribution in [-0.2, 0) is 0 Å². The number of ether oxygens (including phenoxy) is 3. The van der Waals surface area contributed by atoms with Crippen molar-refractivity contribution in [1.29, 1.82) is 0 Å². The highest BCUT2D eigenvalue weighted by atomic mass is 16.5. The largest absolute Gasteiger partial charge is 0.492 e. The molecule has 2 aromatic carbocycles. The van der Waals surface area contributed by atoms with Crippen molar-refractivity contribution in [1.82, 2.24) is 10.6 Å². The maximum absolute atomic E-state index is 6.32. The number of nitrogens with one attached hydrogen (secondary N) is 2. The molecule has 2 rings (SSSR count). The van der Waals surface area contributed by atoms with E-state index in [4.69, 9.17) is 14.2 Å². The zero-order chi connectivity index (χ0) is 29.9. The second-order valence-electron chi connectivity index (χ2n) is 14.4. The molecule has 0 aliphatic carbocycles. The molecule has 0 aromatic heterocycles. The molecule has 0 fully saturated rings. The van der Waals surface area contributed by atoms with Gasteiger partial charge in [-0.1, -0.05) is 64.1 Å². The maximum atomic E-state index is 6.32. The van der Waals surface area contributed by atoms with Crippen molar-refractivity contribution >= 4 is 6.08 Å². The third-order valence-electron chi connectivity index (χ3n) is 6.25. The highest BCUT2D eigenvalue weighted by molar-refractivity contribution is 5.52. The summed E-state index contributed by atoms with van der Waals surface area (Å²) in [4.78, 5) is 0. The lowest BCUT2D eigenvalue weighted by atomic mass is 9.75. The summed E-state index contributed by atoms with van der Waals surface area (Å²) in [6.07, 6.45) is 6.43. The zero-order valence-electron chi connectivity index (χ0n) is 26.9. The van der Waals surface area contributed by atoms with E-state index in [9.17, 15) is 0 Å². The third-order valence-corrected chi connectivity index (χ3v) is 6.25. The van der Waals surface area contributed by atoms with Gasteiger partial charge in [-0.3, -0.25) is 0 Å². The molecular formula is C35H56N2O3. The lowest BCUT2D eigenvalue weighted by Crippen LogP contribution is -2.38. The molecule has 0 bridgehead atoms. The monoisotopic (exact) mass is 552 g/mol. The summed E-state index contributed by atoms with van der Waals surface area (Å²) in [6.45, 7) is 25.8. The van der Waals surface area contributed by atoms with Crippen molar-refractivity contribution in [3.63, 3.8) is 0 Å². The Morgan fingerprint density at radius 3 is 1.95 bits per heavy atom. The van der Waals surface area contributed by atoms with Gasteiger partial charge in [-0.2, -0.15) is 0 Å². The van der Waals surface area contributed by atoms with E-state index >= 15 is 0 Å². The van der Waals surface area contributed by atoms with Gasteiger partial charge in [0.05, 0.1) is 13.2 Å². The summed E-state index contributed by atoms with van der Waals surface area (Å²) in [5, 5.41) is 6.96. The fraction of sp³-hybridized carbons (Fsp3) is 0.600. The average molecular weight is 553 g/mol. The van der Waals surface area contributed by atoms with E-state index in [0.717, 1.165) is 48.7 Å². The summed E-state index contributed by atoms with van der Waals surface area (Å²) in [6, 6.07) is 16.3. The van der Waals surface area contributed by atoms with Crippen molar-refractivity contribution in [3.05, 3.63) is 60.2 Å². The first kappa shape index (κ1) is 33.7. The predicted molar refractivity (Wildman–Crippen MR) is 171 cm³/mol. The van der Waals surface area contributed by atoms with E-state index in [1.807, 2.05) is 30.3 Å². The van der Waals surface area contributed by atoms with Crippen LogP contribution in [0.5, 0.6) is 17.2 Å². The van der Waals surface area contributed by atoms with Crippen LogP contribution in [0.4, 0.5) is 0 Å².